The van der Waals surface area contributed by atoms with Crippen molar-refractivity contribution in [3.8, 4) is 0 Å². The maximum atomic E-state index is 12.3. The van der Waals surface area contributed by atoms with E-state index in [0.29, 0.717) is 53.3 Å². The van der Waals surface area contributed by atoms with Gasteiger partial charge < -0.3 is 15.4 Å². The molecule has 0 radical (unpaired) electrons. The number of nitrogens with one attached hydrogen (secondary N) is 2. The van der Waals surface area contributed by atoms with Crippen LogP contribution in [0, 0.1) is 5.92 Å². The first-order valence-electron chi connectivity index (χ1n) is 8.75. The number of hydrazine groups is 1. The fourth-order valence-corrected chi connectivity index (χ4v) is 3.53. The van der Waals surface area contributed by atoms with E-state index in [9.17, 15) is 9.59 Å². The molecule has 2 heterocycles. The van der Waals surface area contributed by atoms with E-state index in [0.717, 1.165) is 0 Å². The predicted molar refractivity (Wildman–Crippen MR) is 109 cm³/mol. The minimum atomic E-state index is -0.328. The molecule has 4 N–H and O–H groups in total. The topological polar surface area (TPSA) is 122 Å². The van der Waals surface area contributed by atoms with Crippen molar-refractivity contribution in [2.75, 3.05) is 36.3 Å². The highest BCUT2D eigenvalue weighted by molar-refractivity contribution is 9.10. The first-order valence-corrected chi connectivity index (χ1v) is 9.54. The normalized spacial score (nSPS) is 14.4. The van der Waals surface area contributed by atoms with Crippen LogP contribution >= 0.6 is 15.9 Å². The Balaban J connectivity index is 1.66. The number of piperidine rings is 1. The molecule has 1 aliphatic rings. The van der Waals surface area contributed by atoms with E-state index in [1.165, 1.54) is 13.4 Å². The van der Waals surface area contributed by atoms with Crippen molar-refractivity contribution in [1.82, 2.24) is 15.4 Å². The number of methoxy groups -OCH3 is 1. The molecule has 1 amide bonds. The maximum Gasteiger partial charge on any atom is 0.308 e. The number of ether oxygens (including phenoxy) is 1. The van der Waals surface area contributed by atoms with Gasteiger partial charge in [0.25, 0.3) is 5.91 Å². The fourth-order valence-electron chi connectivity index (χ4n) is 3.06. The van der Waals surface area contributed by atoms with E-state index < -0.39 is 0 Å². The zero-order valence-corrected chi connectivity index (χ0v) is 16.9. The summed E-state index contributed by atoms with van der Waals surface area (Å²) in [5.74, 6) is 0.250. The molecular formula is C18H21BrN6O3. The van der Waals surface area contributed by atoms with Gasteiger partial charge in [-0.25, -0.2) is 9.97 Å². The summed E-state index contributed by atoms with van der Waals surface area (Å²) >= 11 is 3.34. The Morgan fingerprint density at radius 1 is 1.25 bits per heavy atom. The number of amides is 1. The van der Waals surface area contributed by atoms with Crippen LogP contribution in [0.1, 0.15) is 23.2 Å². The second kappa shape index (κ2) is 8.87. The number of hydrogen-bond acceptors (Lipinski definition) is 8. The first kappa shape index (κ1) is 19.9. The highest BCUT2D eigenvalue weighted by atomic mass is 79.9. The smallest absolute Gasteiger partial charge is 0.308 e. The second-order valence-corrected chi connectivity index (χ2v) is 7.16. The number of benzene rings is 1. The molecule has 28 heavy (non-hydrogen) atoms. The maximum absolute atomic E-state index is 12.3. The molecular weight excluding hydrogens is 428 g/mol. The molecule has 9 nitrogen and oxygen atoms in total. The van der Waals surface area contributed by atoms with Crippen LogP contribution in [0.4, 0.5) is 17.3 Å². The van der Waals surface area contributed by atoms with Crippen molar-refractivity contribution in [3.05, 3.63) is 40.6 Å². The van der Waals surface area contributed by atoms with Gasteiger partial charge in [0.15, 0.2) is 11.6 Å². The van der Waals surface area contributed by atoms with E-state index in [1.54, 1.807) is 18.2 Å². The lowest BCUT2D eigenvalue weighted by Gasteiger charge is -2.32. The fraction of sp³-hybridized carbons (Fsp3) is 0.333. The molecule has 0 unspecified atom stereocenters. The van der Waals surface area contributed by atoms with Crippen molar-refractivity contribution in [3.63, 3.8) is 0 Å². The summed E-state index contributed by atoms with van der Waals surface area (Å²) in [5.41, 5.74) is 12.4. The van der Waals surface area contributed by atoms with Gasteiger partial charge in [-0.05, 0) is 40.9 Å². The second-order valence-electron chi connectivity index (χ2n) is 6.30. The van der Waals surface area contributed by atoms with Crippen molar-refractivity contribution in [2.24, 2.45) is 5.92 Å². The Morgan fingerprint density at radius 2 is 1.96 bits per heavy atom. The van der Waals surface area contributed by atoms with E-state index in [4.69, 9.17) is 10.5 Å². The number of anilines is 3. The highest BCUT2D eigenvalue weighted by Crippen LogP contribution is 2.29. The van der Waals surface area contributed by atoms with E-state index in [-0.39, 0.29) is 17.8 Å². The Hall–Kier alpha value is -2.88. The number of nitrogens with two attached hydrogens (primary N) is 1. The third-order valence-corrected chi connectivity index (χ3v) is 5.30. The van der Waals surface area contributed by atoms with Crippen LogP contribution < -0.4 is 21.5 Å². The Morgan fingerprint density at radius 3 is 2.64 bits per heavy atom. The number of carbonyl (C=O) groups excluding carboxylic acids is 2. The van der Waals surface area contributed by atoms with Crippen LogP contribution in [-0.2, 0) is 9.53 Å². The number of halogens is 1. The quantitative estimate of drug-likeness (QED) is 0.468. The Labute approximate surface area is 170 Å². The molecule has 0 spiro atoms. The first-order chi connectivity index (χ1) is 13.5. The number of nitrogen functional groups attached to an aromatic ring is 1. The van der Waals surface area contributed by atoms with E-state index in [2.05, 4.69) is 36.7 Å². The summed E-state index contributed by atoms with van der Waals surface area (Å²) < 4.78 is 5.49. The Bertz CT molecular complexity index is 870. The highest BCUT2D eigenvalue weighted by Gasteiger charge is 2.27. The summed E-state index contributed by atoms with van der Waals surface area (Å²) in [6.07, 6.45) is 2.71. The third-order valence-electron chi connectivity index (χ3n) is 4.60. The molecule has 1 fully saturated rings. The zero-order valence-electron chi connectivity index (χ0n) is 15.3. The molecule has 0 saturated carbocycles. The lowest BCUT2D eigenvalue weighted by Crippen LogP contribution is -2.38. The average Bonchev–Trinajstić information content (AvgIpc) is 2.72. The van der Waals surface area contributed by atoms with Crippen molar-refractivity contribution in [2.45, 2.75) is 12.8 Å². The van der Waals surface area contributed by atoms with Crippen LogP contribution in [0.2, 0.25) is 0 Å². The summed E-state index contributed by atoms with van der Waals surface area (Å²) in [6, 6.07) is 7.08. The molecule has 1 aromatic heterocycles. The van der Waals surface area contributed by atoms with Crippen molar-refractivity contribution < 1.29 is 14.3 Å². The van der Waals surface area contributed by atoms with Crippen LogP contribution in [-0.4, -0.2) is 42.0 Å². The molecule has 3 rings (SSSR count). The minimum Gasteiger partial charge on any atom is -0.469 e. The van der Waals surface area contributed by atoms with E-state index >= 15 is 0 Å². The Kier molecular flexibility index (Phi) is 6.30. The zero-order chi connectivity index (χ0) is 20.1. The average molecular weight is 449 g/mol. The van der Waals surface area contributed by atoms with Crippen LogP contribution in [0.3, 0.4) is 0 Å². The third kappa shape index (κ3) is 4.33. The molecule has 1 aliphatic heterocycles. The standard InChI is InChI=1S/C18H21BrN6O3/c1-28-18(27)11-6-8-25(9-7-11)16-14(20)15(21-10-22-16)23-24-17(26)12-4-2-3-5-13(12)19/h2-5,10-11H,6-9,20H2,1H3,(H,24,26)(H,21,22,23). The lowest BCUT2D eigenvalue weighted by molar-refractivity contribution is -0.146. The minimum absolute atomic E-state index is 0.106. The SMILES string of the molecule is COC(=O)C1CCN(c2ncnc(NNC(=O)c3ccccc3Br)c2N)CC1. The van der Waals surface area contributed by atoms with E-state index in [1.807, 2.05) is 11.0 Å². The molecule has 0 aliphatic carbocycles. The molecule has 1 saturated heterocycles. The van der Waals surface area contributed by atoms with Gasteiger partial charge in [0, 0.05) is 17.6 Å². The van der Waals surface area contributed by atoms with Gasteiger partial charge in [-0.15, -0.1) is 0 Å². The number of rotatable bonds is 5. The molecule has 0 atom stereocenters. The van der Waals surface area contributed by atoms with Gasteiger partial charge >= 0.3 is 5.97 Å². The molecule has 0 bridgehead atoms. The van der Waals surface area contributed by atoms with Crippen LogP contribution in [0.15, 0.2) is 35.1 Å². The number of esters is 1. The van der Waals surface area contributed by atoms with Crippen LogP contribution in [0.5, 0.6) is 0 Å². The largest absolute Gasteiger partial charge is 0.469 e. The van der Waals surface area contributed by atoms with Gasteiger partial charge in [0.1, 0.15) is 12.0 Å². The van der Waals surface area contributed by atoms with Crippen LogP contribution in [0.25, 0.3) is 0 Å². The summed E-state index contributed by atoms with van der Waals surface area (Å²) in [4.78, 5) is 34.4. The molecule has 148 valence electrons. The number of hydrogen-bond donors (Lipinski definition) is 3. The molecule has 2 aromatic rings. The predicted octanol–water partition coefficient (Wildman–Crippen LogP) is 1.97. The van der Waals surface area contributed by atoms with Crippen molar-refractivity contribution in [1.29, 1.82) is 0 Å². The number of nitrogens with zero attached hydrogens (tertiary/aromatic N) is 3. The lowest BCUT2D eigenvalue weighted by atomic mass is 9.97. The monoisotopic (exact) mass is 448 g/mol. The van der Waals surface area contributed by atoms with Gasteiger partial charge in [-0.3, -0.25) is 20.4 Å². The van der Waals surface area contributed by atoms with Gasteiger partial charge in [-0.2, -0.15) is 0 Å². The van der Waals surface area contributed by atoms with Gasteiger partial charge in [0.05, 0.1) is 18.6 Å². The summed E-state index contributed by atoms with van der Waals surface area (Å²) in [6.45, 7) is 1.26. The summed E-state index contributed by atoms with van der Waals surface area (Å²) in [5, 5.41) is 0. The number of carbonyl (C=O) groups is 2. The molecule has 10 heteroatoms. The van der Waals surface area contributed by atoms with Crippen molar-refractivity contribution >= 4 is 45.1 Å². The molecule has 1 aromatic carbocycles. The number of aromatic nitrogens is 2. The van der Waals surface area contributed by atoms with Gasteiger partial charge in [0.2, 0.25) is 0 Å². The summed E-state index contributed by atoms with van der Waals surface area (Å²) in [7, 11) is 1.40. The van der Waals surface area contributed by atoms with Gasteiger partial charge in [-0.1, -0.05) is 12.1 Å².